The minimum atomic E-state index is -0.998. The molecule has 1 atom stereocenters. The van der Waals surface area contributed by atoms with Crippen LogP contribution in [0.5, 0.6) is 0 Å². The van der Waals surface area contributed by atoms with Crippen molar-refractivity contribution in [2.24, 2.45) is 0 Å². The van der Waals surface area contributed by atoms with Gasteiger partial charge in [0.15, 0.2) is 0 Å². The van der Waals surface area contributed by atoms with Gasteiger partial charge in [0.25, 0.3) is 0 Å². The zero-order valence-electron chi connectivity index (χ0n) is 14.7. The molecular formula is C20H31O4-. The van der Waals surface area contributed by atoms with E-state index in [4.69, 9.17) is 5.26 Å². The van der Waals surface area contributed by atoms with Gasteiger partial charge in [0.05, 0.1) is 0 Å². The lowest BCUT2D eigenvalue weighted by Crippen LogP contribution is -2.21. The molecule has 1 unspecified atom stereocenters. The van der Waals surface area contributed by atoms with Crippen LogP contribution in [0.3, 0.4) is 0 Å². The molecule has 0 saturated carbocycles. The molecule has 0 amide bonds. The molecule has 0 aliphatic rings. The molecule has 0 aliphatic carbocycles. The number of hydrogen-bond donors (Lipinski definition) is 1. The van der Waals surface area contributed by atoms with Crippen LogP contribution in [0, 0.1) is 0 Å². The lowest BCUT2D eigenvalue weighted by Gasteiger charge is -2.04. The van der Waals surface area contributed by atoms with Crippen LogP contribution < -0.4 is 5.11 Å². The Balaban J connectivity index is 3.79. The summed E-state index contributed by atoms with van der Waals surface area (Å²) in [7, 11) is 0. The predicted octanol–water partition coefficient (Wildman–Crippen LogP) is 4.35. The molecule has 24 heavy (non-hydrogen) atoms. The molecule has 0 aromatic rings. The fraction of sp³-hybridized carbons (Fsp3) is 0.550. The number of allylic oxidation sites excluding steroid dienone is 6. The molecule has 4 nitrogen and oxygen atoms in total. The van der Waals surface area contributed by atoms with E-state index < -0.39 is 5.97 Å². The Morgan fingerprint density at radius 1 is 1.04 bits per heavy atom. The molecular weight excluding hydrogens is 304 g/mol. The van der Waals surface area contributed by atoms with Gasteiger partial charge in [-0.05, 0) is 44.9 Å². The minimum absolute atomic E-state index is 0.106. The van der Waals surface area contributed by atoms with Gasteiger partial charge in [-0.2, -0.15) is 0 Å². The van der Waals surface area contributed by atoms with Crippen molar-refractivity contribution >= 4 is 5.97 Å². The standard InChI is InChI=1S/C20H32O4/c1-2-3-4-5-7-10-13-16-19(24-23)17-14-11-8-6-9-12-15-18-20(21)22/h6-7,9-11,13-14,16,19,23H,2-5,8,12,15,17-18H2,1H3,(H,21,22)/p-1/b9-6-,10-7-,14-11-,16-13+. The fourth-order valence-corrected chi connectivity index (χ4v) is 2.02. The number of aliphatic carboxylic acids is 1. The Kier molecular flexibility index (Phi) is 16.5. The summed E-state index contributed by atoms with van der Waals surface area (Å²) in [5, 5.41) is 19.1. The van der Waals surface area contributed by atoms with Crippen molar-refractivity contribution in [2.45, 2.75) is 70.8 Å². The second-order valence-electron chi connectivity index (χ2n) is 5.63. The average molecular weight is 335 g/mol. The second-order valence-corrected chi connectivity index (χ2v) is 5.63. The van der Waals surface area contributed by atoms with E-state index in [0.29, 0.717) is 12.8 Å². The zero-order chi connectivity index (χ0) is 17.9. The van der Waals surface area contributed by atoms with E-state index >= 15 is 0 Å². The molecule has 0 fully saturated rings. The van der Waals surface area contributed by atoms with Crippen LogP contribution in [0.1, 0.15) is 64.7 Å². The van der Waals surface area contributed by atoms with Crippen LogP contribution in [0.15, 0.2) is 48.6 Å². The summed E-state index contributed by atoms with van der Waals surface area (Å²) >= 11 is 0. The maximum absolute atomic E-state index is 10.2. The smallest absolute Gasteiger partial charge is 0.115 e. The third kappa shape index (κ3) is 16.7. The first kappa shape index (κ1) is 22.4. The topological polar surface area (TPSA) is 69.6 Å². The highest BCUT2D eigenvalue weighted by molar-refractivity contribution is 5.64. The molecule has 0 radical (unpaired) electrons. The van der Waals surface area contributed by atoms with Crippen LogP contribution in [0.25, 0.3) is 0 Å². The van der Waals surface area contributed by atoms with Gasteiger partial charge < -0.3 is 9.90 Å². The predicted molar refractivity (Wildman–Crippen MR) is 96.3 cm³/mol. The summed E-state index contributed by atoms with van der Waals surface area (Å²) in [6.45, 7) is 2.19. The molecule has 1 N–H and O–H groups in total. The largest absolute Gasteiger partial charge is 0.550 e. The molecule has 0 heterocycles. The highest BCUT2D eigenvalue weighted by atomic mass is 17.1. The average Bonchev–Trinajstić information content (AvgIpc) is 2.57. The number of unbranched alkanes of at least 4 members (excludes halogenated alkanes) is 4. The highest BCUT2D eigenvalue weighted by Gasteiger charge is 1.99. The molecule has 0 aromatic heterocycles. The Bertz CT molecular complexity index is 408. The van der Waals surface area contributed by atoms with Gasteiger partial charge in [-0.3, -0.25) is 5.26 Å². The molecule has 0 bridgehead atoms. The molecule has 0 spiro atoms. The molecule has 0 aliphatic heterocycles. The van der Waals surface area contributed by atoms with Gasteiger partial charge in [0.1, 0.15) is 6.10 Å². The van der Waals surface area contributed by atoms with Crippen LogP contribution >= 0.6 is 0 Å². The van der Waals surface area contributed by atoms with Crippen LogP contribution in [0.2, 0.25) is 0 Å². The maximum atomic E-state index is 10.2. The quantitative estimate of drug-likeness (QED) is 0.159. The van der Waals surface area contributed by atoms with Gasteiger partial charge in [0, 0.05) is 5.97 Å². The molecule has 4 heteroatoms. The Morgan fingerprint density at radius 3 is 2.50 bits per heavy atom. The number of carbonyl (C=O) groups is 1. The van der Waals surface area contributed by atoms with Gasteiger partial charge in [0.2, 0.25) is 0 Å². The summed E-state index contributed by atoms with van der Waals surface area (Å²) in [5.74, 6) is -0.998. The van der Waals surface area contributed by atoms with E-state index in [0.717, 1.165) is 19.3 Å². The van der Waals surface area contributed by atoms with Crippen molar-refractivity contribution in [2.75, 3.05) is 0 Å². The maximum Gasteiger partial charge on any atom is 0.115 e. The van der Waals surface area contributed by atoms with Crippen molar-refractivity contribution < 1.29 is 20.0 Å². The van der Waals surface area contributed by atoms with Gasteiger partial charge >= 0.3 is 0 Å². The third-order valence-corrected chi connectivity index (χ3v) is 3.41. The fourth-order valence-electron chi connectivity index (χ4n) is 2.02. The number of carboxylic acids is 1. The van der Waals surface area contributed by atoms with Gasteiger partial charge in [-0.25, -0.2) is 4.89 Å². The number of carbonyl (C=O) groups excluding carboxylic acids is 1. The third-order valence-electron chi connectivity index (χ3n) is 3.41. The monoisotopic (exact) mass is 335 g/mol. The molecule has 0 saturated heterocycles. The first-order valence-corrected chi connectivity index (χ1v) is 8.84. The summed E-state index contributed by atoms with van der Waals surface area (Å²) in [6.07, 6.45) is 23.1. The van der Waals surface area contributed by atoms with E-state index in [-0.39, 0.29) is 12.5 Å². The molecule has 0 aromatic carbocycles. The Labute approximate surface area is 146 Å². The van der Waals surface area contributed by atoms with Crippen molar-refractivity contribution in [3.63, 3.8) is 0 Å². The van der Waals surface area contributed by atoms with E-state index in [9.17, 15) is 9.90 Å². The number of carboxylic acid groups (broad SMARTS) is 1. The summed E-state index contributed by atoms with van der Waals surface area (Å²) in [6, 6.07) is 0. The summed E-state index contributed by atoms with van der Waals surface area (Å²) < 4.78 is 0. The Morgan fingerprint density at radius 2 is 1.79 bits per heavy atom. The number of hydrogen-bond acceptors (Lipinski definition) is 4. The normalized spacial score (nSPS) is 13.8. The van der Waals surface area contributed by atoms with E-state index in [2.05, 4.69) is 17.9 Å². The van der Waals surface area contributed by atoms with E-state index in [1.165, 1.54) is 19.3 Å². The summed E-state index contributed by atoms with van der Waals surface area (Å²) in [5.41, 5.74) is 0. The van der Waals surface area contributed by atoms with Crippen molar-refractivity contribution in [1.82, 2.24) is 0 Å². The lowest BCUT2D eigenvalue weighted by atomic mass is 10.2. The van der Waals surface area contributed by atoms with E-state index in [1.807, 2.05) is 42.5 Å². The molecule has 136 valence electrons. The first-order chi connectivity index (χ1) is 11.7. The summed E-state index contributed by atoms with van der Waals surface area (Å²) in [4.78, 5) is 14.7. The van der Waals surface area contributed by atoms with Crippen molar-refractivity contribution in [3.8, 4) is 0 Å². The lowest BCUT2D eigenvalue weighted by molar-refractivity contribution is -0.305. The van der Waals surface area contributed by atoms with Crippen LogP contribution in [0.4, 0.5) is 0 Å². The first-order valence-electron chi connectivity index (χ1n) is 8.84. The molecule has 0 rings (SSSR count). The van der Waals surface area contributed by atoms with Crippen molar-refractivity contribution in [3.05, 3.63) is 48.6 Å². The number of rotatable bonds is 15. The van der Waals surface area contributed by atoms with Crippen LogP contribution in [-0.2, 0) is 9.68 Å². The van der Waals surface area contributed by atoms with Gasteiger partial charge in [-0.1, -0.05) is 68.4 Å². The Hall–Kier alpha value is -1.65. The zero-order valence-corrected chi connectivity index (χ0v) is 14.7. The van der Waals surface area contributed by atoms with Crippen LogP contribution in [-0.4, -0.2) is 17.3 Å². The SMILES string of the molecule is CCCCC/C=C\C=C\C(C/C=C\C/C=C\CCCC(=O)[O-])OO. The minimum Gasteiger partial charge on any atom is -0.550 e. The van der Waals surface area contributed by atoms with Crippen molar-refractivity contribution in [1.29, 1.82) is 0 Å². The highest BCUT2D eigenvalue weighted by Crippen LogP contribution is 2.04. The van der Waals surface area contributed by atoms with E-state index in [1.54, 1.807) is 0 Å². The van der Waals surface area contributed by atoms with Gasteiger partial charge in [-0.15, -0.1) is 0 Å². The second kappa shape index (κ2) is 17.7.